The zero-order chi connectivity index (χ0) is 10.6. The highest BCUT2D eigenvalue weighted by Gasteiger charge is 2.06. The number of nitrogens with two attached hydrogens (primary N) is 1. The van der Waals surface area contributed by atoms with Gasteiger partial charge in [0.15, 0.2) is 0 Å². The Morgan fingerprint density at radius 2 is 1.93 bits per heavy atom. The number of ether oxygens (including phenoxy) is 1. The Bertz CT molecular complexity index is 283. The van der Waals surface area contributed by atoms with Gasteiger partial charge < -0.3 is 10.5 Å². The molecule has 0 spiro atoms. The smallest absolute Gasteiger partial charge is 0.0655 e. The third kappa shape index (κ3) is 2.82. The van der Waals surface area contributed by atoms with E-state index >= 15 is 0 Å². The van der Waals surface area contributed by atoms with Gasteiger partial charge in [-0.05, 0) is 17.0 Å². The van der Waals surface area contributed by atoms with E-state index < -0.39 is 0 Å². The monoisotopic (exact) mass is 193 g/mol. The molecular weight excluding hydrogens is 174 g/mol. The van der Waals surface area contributed by atoms with Crippen LogP contribution in [0.3, 0.4) is 0 Å². The summed E-state index contributed by atoms with van der Waals surface area (Å²) < 4.78 is 5.03. The first-order chi connectivity index (χ1) is 6.65. The van der Waals surface area contributed by atoms with Crippen LogP contribution in [-0.4, -0.2) is 13.7 Å². The van der Waals surface area contributed by atoms with Gasteiger partial charge in [0, 0.05) is 7.11 Å². The predicted octanol–water partition coefficient (Wildman–Crippen LogP) is 2.46. The van der Waals surface area contributed by atoms with Crippen molar-refractivity contribution in [1.82, 2.24) is 0 Å². The summed E-state index contributed by atoms with van der Waals surface area (Å²) in [6.07, 6.45) is 0. The summed E-state index contributed by atoms with van der Waals surface area (Å²) in [5.74, 6) is 0.546. The van der Waals surface area contributed by atoms with Gasteiger partial charge in [0.05, 0.1) is 12.6 Å². The summed E-state index contributed by atoms with van der Waals surface area (Å²) in [6, 6.07) is 8.39. The predicted molar refractivity (Wildman–Crippen MR) is 59.3 cm³/mol. The largest absolute Gasteiger partial charge is 0.383 e. The third-order valence-electron chi connectivity index (χ3n) is 2.35. The van der Waals surface area contributed by atoms with Crippen LogP contribution in [0.4, 0.5) is 0 Å². The van der Waals surface area contributed by atoms with Crippen LogP contribution in [0.15, 0.2) is 24.3 Å². The van der Waals surface area contributed by atoms with E-state index in [0.717, 1.165) is 5.56 Å². The first-order valence-corrected chi connectivity index (χ1v) is 4.99. The van der Waals surface area contributed by atoms with Crippen molar-refractivity contribution in [2.75, 3.05) is 13.7 Å². The lowest BCUT2D eigenvalue weighted by Gasteiger charge is -2.13. The van der Waals surface area contributed by atoms with E-state index in [1.54, 1.807) is 7.11 Å². The molecule has 2 nitrogen and oxygen atoms in total. The molecule has 0 saturated heterocycles. The van der Waals surface area contributed by atoms with E-state index in [2.05, 4.69) is 38.1 Å². The van der Waals surface area contributed by atoms with E-state index in [9.17, 15) is 0 Å². The molecule has 0 aliphatic heterocycles. The minimum atomic E-state index is -0.0151. The molecule has 1 unspecified atom stereocenters. The minimum absolute atomic E-state index is 0.0151. The fourth-order valence-corrected chi connectivity index (χ4v) is 1.42. The van der Waals surface area contributed by atoms with Gasteiger partial charge in [-0.15, -0.1) is 0 Å². The van der Waals surface area contributed by atoms with E-state index in [1.807, 2.05) is 0 Å². The molecule has 1 atom stereocenters. The zero-order valence-corrected chi connectivity index (χ0v) is 9.16. The van der Waals surface area contributed by atoms with Gasteiger partial charge in [-0.1, -0.05) is 38.1 Å². The van der Waals surface area contributed by atoms with E-state index in [0.29, 0.717) is 12.5 Å². The molecule has 2 N–H and O–H groups in total. The van der Waals surface area contributed by atoms with Gasteiger partial charge in [0.1, 0.15) is 0 Å². The van der Waals surface area contributed by atoms with Gasteiger partial charge >= 0.3 is 0 Å². The molecule has 0 aromatic heterocycles. The second-order valence-electron chi connectivity index (χ2n) is 3.89. The lowest BCUT2D eigenvalue weighted by atomic mass is 9.98. The molecule has 14 heavy (non-hydrogen) atoms. The van der Waals surface area contributed by atoms with Gasteiger partial charge in [-0.2, -0.15) is 0 Å². The molecule has 78 valence electrons. The SMILES string of the molecule is COCC(N)c1cccc(C(C)C)c1. The Morgan fingerprint density at radius 3 is 2.50 bits per heavy atom. The summed E-state index contributed by atoms with van der Waals surface area (Å²) in [6.45, 7) is 4.93. The van der Waals surface area contributed by atoms with Crippen LogP contribution in [-0.2, 0) is 4.74 Å². The van der Waals surface area contributed by atoms with Crippen molar-refractivity contribution < 1.29 is 4.74 Å². The Balaban J connectivity index is 2.82. The Labute approximate surface area is 86.1 Å². The maximum absolute atomic E-state index is 5.95. The average Bonchev–Trinajstić information content (AvgIpc) is 2.18. The number of hydrogen-bond donors (Lipinski definition) is 1. The zero-order valence-electron chi connectivity index (χ0n) is 9.16. The van der Waals surface area contributed by atoms with Crippen molar-refractivity contribution in [2.45, 2.75) is 25.8 Å². The lowest BCUT2D eigenvalue weighted by Crippen LogP contribution is -2.16. The van der Waals surface area contributed by atoms with Crippen LogP contribution in [0.2, 0.25) is 0 Å². The molecule has 0 amide bonds. The number of hydrogen-bond acceptors (Lipinski definition) is 2. The fraction of sp³-hybridized carbons (Fsp3) is 0.500. The Morgan fingerprint density at radius 1 is 1.29 bits per heavy atom. The third-order valence-corrected chi connectivity index (χ3v) is 2.35. The van der Waals surface area contributed by atoms with Crippen LogP contribution < -0.4 is 5.73 Å². The minimum Gasteiger partial charge on any atom is -0.383 e. The number of benzene rings is 1. The van der Waals surface area contributed by atoms with Crippen LogP contribution in [0.25, 0.3) is 0 Å². The standard InChI is InChI=1S/C12H19NO/c1-9(2)10-5-4-6-11(7-10)12(13)8-14-3/h4-7,9,12H,8,13H2,1-3H3. The topological polar surface area (TPSA) is 35.2 Å². The van der Waals surface area contributed by atoms with Gasteiger partial charge in [-0.25, -0.2) is 0 Å². The molecule has 1 aromatic rings. The van der Waals surface area contributed by atoms with Crippen molar-refractivity contribution in [3.05, 3.63) is 35.4 Å². The molecule has 2 heteroatoms. The Hall–Kier alpha value is -0.860. The molecule has 0 bridgehead atoms. The quantitative estimate of drug-likeness (QED) is 0.797. The summed E-state index contributed by atoms with van der Waals surface area (Å²) >= 11 is 0. The van der Waals surface area contributed by atoms with Crippen LogP contribution >= 0.6 is 0 Å². The van der Waals surface area contributed by atoms with Gasteiger partial charge in [0.25, 0.3) is 0 Å². The second kappa shape index (κ2) is 5.13. The lowest BCUT2D eigenvalue weighted by molar-refractivity contribution is 0.181. The highest BCUT2D eigenvalue weighted by molar-refractivity contribution is 5.27. The highest BCUT2D eigenvalue weighted by Crippen LogP contribution is 2.18. The summed E-state index contributed by atoms with van der Waals surface area (Å²) in [5, 5.41) is 0. The van der Waals surface area contributed by atoms with Crippen molar-refractivity contribution >= 4 is 0 Å². The first kappa shape index (κ1) is 11.2. The van der Waals surface area contributed by atoms with Crippen LogP contribution in [0, 0.1) is 0 Å². The number of methoxy groups -OCH3 is 1. The second-order valence-corrected chi connectivity index (χ2v) is 3.89. The van der Waals surface area contributed by atoms with E-state index in [1.165, 1.54) is 5.56 Å². The van der Waals surface area contributed by atoms with Crippen LogP contribution in [0.1, 0.15) is 36.9 Å². The van der Waals surface area contributed by atoms with Crippen molar-refractivity contribution in [2.24, 2.45) is 5.73 Å². The summed E-state index contributed by atoms with van der Waals surface area (Å²) in [4.78, 5) is 0. The highest BCUT2D eigenvalue weighted by atomic mass is 16.5. The molecule has 0 aliphatic carbocycles. The van der Waals surface area contributed by atoms with Gasteiger partial charge in [-0.3, -0.25) is 0 Å². The van der Waals surface area contributed by atoms with E-state index in [-0.39, 0.29) is 6.04 Å². The van der Waals surface area contributed by atoms with Crippen molar-refractivity contribution in [1.29, 1.82) is 0 Å². The summed E-state index contributed by atoms with van der Waals surface area (Å²) in [5.41, 5.74) is 8.43. The fourth-order valence-electron chi connectivity index (χ4n) is 1.42. The molecule has 0 fully saturated rings. The molecule has 0 heterocycles. The molecule has 0 saturated carbocycles. The first-order valence-electron chi connectivity index (χ1n) is 4.99. The molecular formula is C12H19NO. The normalized spacial score (nSPS) is 13.2. The molecule has 1 rings (SSSR count). The van der Waals surface area contributed by atoms with E-state index in [4.69, 9.17) is 10.5 Å². The van der Waals surface area contributed by atoms with Crippen molar-refractivity contribution in [3.63, 3.8) is 0 Å². The number of rotatable bonds is 4. The summed E-state index contributed by atoms with van der Waals surface area (Å²) in [7, 11) is 1.67. The molecule has 0 radical (unpaired) electrons. The molecule has 1 aromatic carbocycles. The maximum Gasteiger partial charge on any atom is 0.0655 e. The average molecular weight is 193 g/mol. The van der Waals surface area contributed by atoms with Gasteiger partial charge in [0.2, 0.25) is 0 Å². The Kier molecular flexibility index (Phi) is 4.11. The van der Waals surface area contributed by atoms with Crippen molar-refractivity contribution in [3.8, 4) is 0 Å². The van der Waals surface area contributed by atoms with Crippen LogP contribution in [0.5, 0.6) is 0 Å². The molecule has 0 aliphatic rings. The maximum atomic E-state index is 5.95.